The second kappa shape index (κ2) is 5.53. The average Bonchev–Trinajstić information content (AvgIpc) is 2.83. The predicted octanol–water partition coefficient (Wildman–Crippen LogP) is 0.635. The SMILES string of the molecule is NC(=O)C1CNCCN1CC1CSc2ccccc21. The minimum atomic E-state index is -0.217. The van der Waals surface area contributed by atoms with Crippen molar-refractivity contribution in [3.05, 3.63) is 29.8 Å². The van der Waals surface area contributed by atoms with Gasteiger partial charge in [0.1, 0.15) is 6.04 Å². The zero-order chi connectivity index (χ0) is 13.2. The van der Waals surface area contributed by atoms with Crippen LogP contribution in [0.2, 0.25) is 0 Å². The van der Waals surface area contributed by atoms with Gasteiger partial charge in [0, 0.05) is 42.7 Å². The molecule has 0 spiro atoms. The molecular weight excluding hydrogens is 258 g/mol. The summed E-state index contributed by atoms with van der Waals surface area (Å²) in [6.07, 6.45) is 0. The molecule has 1 saturated heterocycles. The Balaban J connectivity index is 1.73. The third-order valence-corrected chi connectivity index (χ3v) is 5.19. The molecule has 2 unspecified atom stereocenters. The number of nitrogens with zero attached hydrogens (tertiary/aromatic N) is 1. The summed E-state index contributed by atoms with van der Waals surface area (Å²) < 4.78 is 0. The number of nitrogens with one attached hydrogen (secondary N) is 1. The number of hydrogen-bond acceptors (Lipinski definition) is 4. The highest BCUT2D eigenvalue weighted by Gasteiger charge is 2.31. The van der Waals surface area contributed by atoms with Crippen LogP contribution in [-0.2, 0) is 4.79 Å². The van der Waals surface area contributed by atoms with Crippen LogP contribution < -0.4 is 11.1 Å². The van der Waals surface area contributed by atoms with E-state index in [1.54, 1.807) is 0 Å². The predicted molar refractivity (Wildman–Crippen MR) is 77.3 cm³/mol. The number of fused-ring (bicyclic) bond motifs is 1. The number of carbonyl (C=O) groups excluding carboxylic acids is 1. The number of piperazine rings is 1. The Morgan fingerprint density at radius 3 is 3.16 bits per heavy atom. The van der Waals surface area contributed by atoms with Gasteiger partial charge in [-0.05, 0) is 11.6 Å². The Morgan fingerprint density at radius 1 is 1.47 bits per heavy atom. The van der Waals surface area contributed by atoms with Crippen LogP contribution in [0, 0.1) is 0 Å². The molecule has 0 radical (unpaired) electrons. The number of hydrogen-bond donors (Lipinski definition) is 2. The van der Waals surface area contributed by atoms with E-state index in [0.717, 1.165) is 25.4 Å². The molecule has 5 heteroatoms. The minimum Gasteiger partial charge on any atom is -0.368 e. The summed E-state index contributed by atoms with van der Waals surface area (Å²) in [6, 6.07) is 8.42. The molecule has 4 nitrogen and oxygen atoms in total. The highest BCUT2D eigenvalue weighted by atomic mass is 32.2. The van der Waals surface area contributed by atoms with Crippen molar-refractivity contribution in [2.45, 2.75) is 16.9 Å². The lowest BCUT2D eigenvalue weighted by Crippen LogP contribution is -2.57. The highest BCUT2D eigenvalue weighted by molar-refractivity contribution is 7.99. The van der Waals surface area contributed by atoms with Crippen molar-refractivity contribution >= 4 is 17.7 Å². The quantitative estimate of drug-likeness (QED) is 0.851. The second-order valence-electron chi connectivity index (χ2n) is 5.16. The maximum Gasteiger partial charge on any atom is 0.236 e. The van der Waals surface area contributed by atoms with E-state index in [4.69, 9.17) is 5.73 Å². The van der Waals surface area contributed by atoms with Gasteiger partial charge in [-0.25, -0.2) is 0 Å². The molecular formula is C14H19N3OS. The molecule has 1 aromatic carbocycles. The van der Waals surface area contributed by atoms with E-state index < -0.39 is 0 Å². The van der Waals surface area contributed by atoms with Gasteiger partial charge in [-0.2, -0.15) is 0 Å². The Morgan fingerprint density at radius 2 is 2.32 bits per heavy atom. The van der Waals surface area contributed by atoms with Gasteiger partial charge in [-0.1, -0.05) is 18.2 Å². The molecule has 2 aliphatic rings. The van der Waals surface area contributed by atoms with E-state index in [2.05, 4.69) is 34.5 Å². The average molecular weight is 277 g/mol. The first-order valence-electron chi connectivity index (χ1n) is 6.71. The third-order valence-electron chi connectivity index (χ3n) is 3.94. The van der Waals surface area contributed by atoms with Crippen molar-refractivity contribution in [2.75, 3.05) is 31.9 Å². The van der Waals surface area contributed by atoms with Crippen molar-refractivity contribution in [2.24, 2.45) is 5.73 Å². The van der Waals surface area contributed by atoms with Crippen LogP contribution in [0.3, 0.4) is 0 Å². The van der Waals surface area contributed by atoms with Crippen LogP contribution in [0.5, 0.6) is 0 Å². The van der Waals surface area contributed by atoms with Crippen LogP contribution in [0.15, 0.2) is 29.2 Å². The molecule has 0 aliphatic carbocycles. The Labute approximate surface area is 117 Å². The lowest BCUT2D eigenvalue weighted by Gasteiger charge is -2.35. The fourth-order valence-electron chi connectivity index (χ4n) is 2.91. The van der Waals surface area contributed by atoms with Crippen molar-refractivity contribution < 1.29 is 4.79 Å². The summed E-state index contributed by atoms with van der Waals surface area (Å²) in [5.74, 6) is 1.40. The van der Waals surface area contributed by atoms with Crippen molar-refractivity contribution in [3.8, 4) is 0 Å². The molecule has 3 N–H and O–H groups in total. The number of carbonyl (C=O) groups is 1. The van der Waals surface area contributed by atoms with E-state index in [1.807, 2.05) is 11.8 Å². The van der Waals surface area contributed by atoms with E-state index in [0.29, 0.717) is 12.5 Å². The van der Waals surface area contributed by atoms with Gasteiger partial charge in [0.05, 0.1) is 0 Å². The first kappa shape index (κ1) is 13.0. The summed E-state index contributed by atoms with van der Waals surface area (Å²) in [4.78, 5) is 15.1. The third kappa shape index (κ3) is 2.63. The van der Waals surface area contributed by atoms with Crippen LogP contribution in [-0.4, -0.2) is 48.8 Å². The van der Waals surface area contributed by atoms with Gasteiger partial charge in [-0.15, -0.1) is 11.8 Å². The van der Waals surface area contributed by atoms with Crippen LogP contribution >= 0.6 is 11.8 Å². The first-order valence-corrected chi connectivity index (χ1v) is 7.70. The maximum atomic E-state index is 11.5. The molecule has 2 atom stereocenters. The lowest BCUT2D eigenvalue weighted by molar-refractivity contribution is -0.123. The van der Waals surface area contributed by atoms with Crippen molar-refractivity contribution in [1.29, 1.82) is 0 Å². The van der Waals surface area contributed by atoms with Crippen molar-refractivity contribution in [1.82, 2.24) is 10.2 Å². The highest BCUT2D eigenvalue weighted by Crippen LogP contribution is 2.39. The molecule has 0 bridgehead atoms. The fourth-order valence-corrected chi connectivity index (χ4v) is 4.15. The first-order chi connectivity index (χ1) is 9.25. The largest absolute Gasteiger partial charge is 0.368 e. The van der Waals surface area contributed by atoms with Gasteiger partial charge >= 0.3 is 0 Å². The molecule has 2 heterocycles. The van der Waals surface area contributed by atoms with Gasteiger partial charge in [-0.3, -0.25) is 9.69 Å². The summed E-state index contributed by atoms with van der Waals surface area (Å²) in [5, 5.41) is 3.24. The Kier molecular flexibility index (Phi) is 3.77. The molecule has 0 aromatic heterocycles. The van der Waals surface area contributed by atoms with Gasteiger partial charge < -0.3 is 11.1 Å². The molecule has 19 heavy (non-hydrogen) atoms. The van der Waals surface area contributed by atoms with Crippen molar-refractivity contribution in [3.63, 3.8) is 0 Å². The minimum absolute atomic E-state index is 0.161. The molecule has 1 aromatic rings. The lowest BCUT2D eigenvalue weighted by atomic mass is 9.99. The molecule has 2 aliphatic heterocycles. The molecule has 0 saturated carbocycles. The number of amides is 1. The van der Waals surface area contributed by atoms with E-state index >= 15 is 0 Å². The monoisotopic (exact) mass is 277 g/mol. The van der Waals surface area contributed by atoms with E-state index in [1.165, 1.54) is 10.5 Å². The number of primary amides is 1. The summed E-state index contributed by atoms with van der Waals surface area (Å²) in [7, 11) is 0. The molecule has 3 rings (SSSR count). The number of nitrogens with two attached hydrogens (primary N) is 1. The number of benzene rings is 1. The molecule has 1 amide bonds. The van der Waals surface area contributed by atoms with Gasteiger partial charge in [0.25, 0.3) is 0 Å². The van der Waals surface area contributed by atoms with Gasteiger partial charge in [0.2, 0.25) is 5.91 Å². The maximum absolute atomic E-state index is 11.5. The zero-order valence-corrected chi connectivity index (χ0v) is 11.7. The fraction of sp³-hybridized carbons (Fsp3) is 0.500. The Bertz CT molecular complexity index is 480. The van der Waals surface area contributed by atoms with Crippen LogP contribution in [0.25, 0.3) is 0 Å². The standard InChI is InChI=1S/C14H19N3OS/c15-14(18)12-7-16-5-6-17(12)8-10-9-19-13-4-2-1-3-11(10)13/h1-4,10,12,16H,5-9H2,(H2,15,18). The normalized spacial score (nSPS) is 27.2. The zero-order valence-electron chi connectivity index (χ0n) is 10.8. The Hall–Kier alpha value is -1.04. The van der Waals surface area contributed by atoms with Crippen LogP contribution in [0.1, 0.15) is 11.5 Å². The topological polar surface area (TPSA) is 58.4 Å². The van der Waals surface area contributed by atoms with Crippen LogP contribution in [0.4, 0.5) is 0 Å². The smallest absolute Gasteiger partial charge is 0.236 e. The van der Waals surface area contributed by atoms with Gasteiger partial charge in [0.15, 0.2) is 0 Å². The van der Waals surface area contributed by atoms with E-state index in [9.17, 15) is 4.79 Å². The molecule has 102 valence electrons. The second-order valence-corrected chi connectivity index (χ2v) is 6.22. The summed E-state index contributed by atoms with van der Waals surface area (Å²) in [5.41, 5.74) is 6.93. The summed E-state index contributed by atoms with van der Waals surface area (Å²) >= 11 is 1.92. The van der Waals surface area contributed by atoms with E-state index in [-0.39, 0.29) is 11.9 Å². The number of thioether (sulfide) groups is 1. The summed E-state index contributed by atoms with van der Waals surface area (Å²) in [6.45, 7) is 3.44. The number of rotatable bonds is 3. The molecule has 1 fully saturated rings.